The second-order valence-corrected chi connectivity index (χ2v) is 6.11. The molecule has 0 radical (unpaired) electrons. The van der Waals surface area contributed by atoms with Crippen molar-refractivity contribution in [3.63, 3.8) is 0 Å². The summed E-state index contributed by atoms with van der Waals surface area (Å²) in [6.45, 7) is 0. The molecule has 0 heterocycles. The zero-order chi connectivity index (χ0) is 19.6. The number of hydrogen-bond donors (Lipinski definition) is 5. The van der Waals surface area contributed by atoms with Crippen LogP contribution in [0.5, 0.6) is 0 Å². The van der Waals surface area contributed by atoms with Crippen molar-refractivity contribution in [2.75, 3.05) is 19.8 Å². The maximum absolute atomic E-state index is 5.82. The number of nitrogens with one attached hydrogen (secondary N) is 4. The lowest BCUT2D eigenvalue weighted by Crippen LogP contribution is -2.33. The molecule has 0 spiro atoms. The van der Waals surface area contributed by atoms with E-state index in [1.165, 1.54) is 0 Å². The van der Waals surface area contributed by atoms with Crippen LogP contribution in [0.15, 0.2) is 64.8 Å². The van der Waals surface area contributed by atoms with E-state index in [1.54, 1.807) is 26.2 Å². The predicted octanol–water partition coefficient (Wildman–Crippen LogP) is 1.57. The van der Waals surface area contributed by atoms with E-state index in [9.17, 15) is 0 Å². The SMILES string of the molecule is CNC(=S)NN=C(C(=NNC(=S)NC)c1ccc(N)cc1)c1ccccc1. The number of anilines is 1. The van der Waals surface area contributed by atoms with Gasteiger partial charge >= 0.3 is 0 Å². The quantitative estimate of drug-likeness (QED) is 0.225. The Kier molecular flexibility index (Phi) is 7.65. The van der Waals surface area contributed by atoms with Gasteiger partial charge in [0.15, 0.2) is 10.2 Å². The Morgan fingerprint density at radius 1 is 0.741 bits per heavy atom. The van der Waals surface area contributed by atoms with Gasteiger partial charge in [-0.1, -0.05) is 42.5 Å². The lowest BCUT2D eigenvalue weighted by atomic mass is 10.00. The van der Waals surface area contributed by atoms with Crippen LogP contribution in [0.3, 0.4) is 0 Å². The Balaban J connectivity index is 2.56. The van der Waals surface area contributed by atoms with Gasteiger partial charge in [0.05, 0.1) is 0 Å². The number of hydrogen-bond acceptors (Lipinski definition) is 5. The van der Waals surface area contributed by atoms with Crippen LogP contribution in [0, 0.1) is 0 Å². The molecule has 0 unspecified atom stereocenters. The van der Waals surface area contributed by atoms with E-state index in [0.717, 1.165) is 11.1 Å². The van der Waals surface area contributed by atoms with Gasteiger partial charge in [0.1, 0.15) is 11.4 Å². The lowest BCUT2D eigenvalue weighted by Gasteiger charge is -2.13. The fraction of sp³-hybridized carbons (Fsp3) is 0.111. The maximum Gasteiger partial charge on any atom is 0.186 e. The van der Waals surface area contributed by atoms with Gasteiger partial charge in [-0.25, -0.2) is 0 Å². The van der Waals surface area contributed by atoms with Crippen LogP contribution in [0.25, 0.3) is 0 Å². The molecule has 0 fully saturated rings. The predicted molar refractivity (Wildman–Crippen MR) is 120 cm³/mol. The number of nitrogens with zero attached hydrogens (tertiary/aromatic N) is 2. The summed E-state index contributed by atoms with van der Waals surface area (Å²) in [4.78, 5) is 0. The number of benzene rings is 2. The van der Waals surface area contributed by atoms with E-state index < -0.39 is 0 Å². The van der Waals surface area contributed by atoms with Crippen molar-refractivity contribution in [1.29, 1.82) is 0 Å². The average Bonchev–Trinajstić information content (AvgIpc) is 2.71. The van der Waals surface area contributed by atoms with Crippen LogP contribution in [0.4, 0.5) is 5.69 Å². The molecule has 0 saturated carbocycles. The second-order valence-electron chi connectivity index (χ2n) is 5.29. The molecule has 0 bridgehead atoms. The summed E-state index contributed by atoms with van der Waals surface area (Å²) in [5.74, 6) is 0. The normalized spacial score (nSPS) is 11.5. The van der Waals surface area contributed by atoms with Crippen LogP contribution in [-0.2, 0) is 0 Å². The van der Waals surface area contributed by atoms with E-state index in [1.807, 2.05) is 42.5 Å². The molecule has 6 N–H and O–H groups in total. The minimum absolute atomic E-state index is 0.383. The van der Waals surface area contributed by atoms with Crippen LogP contribution in [0.1, 0.15) is 11.1 Å². The second kappa shape index (κ2) is 10.2. The number of hydrazone groups is 2. The number of nitrogens with two attached hydrogens (primary N) is 1. The molecule has 2 rings (SSSR count). The first-order chi connectivity index (χ1) is 13.0. The van der Waals surface area contributed by atoms with E-state index in [2.05, 4.69) is 31.7 Å². The van der Waals surface area contributed by atoms with Gasteiger partial charge in [-0.05, 0) is 36.6 Å². The molecular formula is C18H21N7S2. The molecular weight excluding hydrogens is 378 g/mol. The maximum atomic E-state index is 5.82. The standard InChI is InChI=1S/C18H21N7S2/c1-20-17(26)24-22-15(12-6-4-3-5-7-12)16(23-25-18(27)21-2)13-8-10-14(19)11-9-13/h3-11H,19H2,1-2H3,(H2,20,24,26)(H2,21,25,27). The Labute approximate surface area is 169 Å². The molecule has 2 aromatic carbocycles. The molecule has 27 heavy (non-hydrogen) atoms. The number of rotatable bonds is 5. The molecule has 7 nitrogen and oxygen atoms in total. The van der Waals surface area contributed by atoms with Crippen molar-refractivity contribution in [3.8, 4) is 0 Å². The zero-order valence-electron chi connectivity index (χ0n) is 15.0. The summed E-state index contributed by atoms with van der Waals surface area (Å²) in [6, 6.07) is 17.0. The molecule has 0 saturated heterocycles. The summed E-state index contributed by atoms with van der Waals surface area (Å²) < 4.78 is 0. The zero-order valence-corrected chi connectivity index (χ0v) is 16.6. The minimum Gasteiger partial charge on any atom is -0.399 e. The third-order valence-electron chi connectivity index (χ3n) is 3.45. The van der Waals surface area contributed by atoms with Gasteiger partial charge in [0.25, 0.3) is 0 Å². The van der Waals surface area contributed by atoms with Crippen molar-refractivity contribution in [1.82, 2.24) is 21.5 Å². The van der Waals surface area contributed by atoms with E-state index >= 15 is 0 Å². The molecule has 0 aliphatic rings. The molecule has 9 heteroatoms. The van der Waals surface area contributed by atoms with Gasteiger partial charge in [0.2, 0.25) is 0 Å². The fourth-order valence-corrected chi connectivity index (χ4v) is 2.16. The molecule has 0 aromatic heterocycles. The highest BCUT2D eigenvalue weighted by Gasteiger charge is 2.16. The summed E-state index contributed by atoms with van der Waals surface area (Å²) in [5, 5.41) is 15.4. The minimum atomic E-state index is 0.383. The Bertz CT molecular complexity index is 846. The van der Waals surface area contributed by atoms with Crippen molar-refractivity contribution in [2.24, 2.45) is 10.2 Å². The van der Waals surface area contributed by atoms with Gasteiger partial charge < -0.3 is 16.4 Å². The van der Waals surface area contributed by atoms with E-state index in [-0.39, 0.29) is 0 Å². The average molecular weight is 400 g/mol. The van der Waals surface area contributed by atoms with Crippen molar-refractivity contribution in [2.45, 2.75) is 0 Å². The lowest BCUT2D eigenvalue weighted by molar-refractivity contribution is 0.967. The highest BCUT2D eigenvalue weighted by atomic mass is 32.1. The third kappa shape index (κ3) is 6.01. The Morgan fingerprint density at radius 3 is 1.63 bits per heavy atom. The monoisotopic (exact) mass is 399 g/mol. The molecule has 0 amide bonds. The van der Waals surface area contributed by atoms with Gasteiger partial charge in [-0.3, -0.25) is 10.9 Å². The van der Waals surface area contributed by atoms with E-state index in [4.69, 9.17) is 30.2 Å². The molecule has 0 aliphatic carbocycles. The first-order valence-electron chi connectivity index (χ1n) is 8.07. The van der Waals surface area contributed by atoms with Crippen molar-refractivity contribution in [3.05, 3.63) is 65.7 Å². The first-order valence-corrected chi connectivity index (χ1v) is 8.89. The van der Waals surface area contributed by atoms with E-state index in [0.29, 0.717) is 27.3 Å². The van der Waals surface area contributed by atoms with Crippen LogP contribution in [0.2, 0.25) is 0 Å². The number of nitrogen functional groups attached to an aromatic ring is 1. The molecule has 140 valence electrons. The Morgan fingerprint density at radius 2 is 1.19 bits per heavy atom. The van der Waals surface area contributed by atoms with Crippen molar-refractivity contribution >= 4 is 51.8 Å². The first kappa shape index (κ1) is 20.3. The summed E-state index contributed by atoms with van der Waals surface area (Å²) in [5.41, 5.74) is 14.9. The molecule has 0 aliphatic heterocycles. The molecule has 0 atom stereocenters. The summed E-state index contributed by atoms with van der Waals surface area (Å²) in [6.07, 6.45) is 0. The summed E-state index contributed by atoms with van der Waals surface area (Å²) >= 11 is 10.3. The van der Waals surface area contributed by atoms with Gasteiger partial charge in [-0.2, -0.15) is 10.2 Å². The van der Waals surface area contributed by atoms with Crippen LogP contribution >= 0.6 is 24.4 Å². The molecule has 2 aromatic rings. The third-order valence-corrected chi connectivity index (χ3v) is 4.04. The highest BCUT2D eigenvalue weighted by Crippen LogP contribution is 2.12. The summed E-state index contributed by atoms with van der Waals surface area (Å²) in [7, 11) is 3.43. The van der Waals surface area contributed by atoms with Crippen molar-refractivity contribution < 1.29 is 0 Å². The fourth-order valence-electron chi connectivity index (χ4n) is 2.07. The number of thiocarbonyl (C=S) groups is 2. The van der Waals surface area contributed by atoms with Crippen LogP contribution < -0.4 is 27.2 Å². The topological polar surface area (TPSA) is 98.9 Å². The van der Waals surface area contributed by atoms with Gasteiger partial charge in [0, 0.05) is 30.9 Å². The highest BCUT2D eigenvalue weighted by molar-refractivity contribution is 7.80. The smallest absolute Gasteiger partial charge is 0.186 e. The largest absolute Gasteiger partial charge is 0.399 e. The van der Waals surface area contributed by atoms with Gasteiger partial charge in [-0.15, -0.1) is 0 Å². The Hall–Kier alpha value is -3.04. The van der Waals surface area contributed by atoms with Crippen LogP contribution in [-0.4, -0.2) is 35.7 Å².